The summed E-state index contributed by atoms with van der Waals surface area (Å²) in [5.41, 5.74) is 4.17. The molecular formula is C29H22BrN3O3. The lowest BCUT2D eigenvalue weighted by Crippen LogP contribution is -2.57. The Morgan fingerprint density at radius 3 is 1.72 bits per heavy atom. The molecule has 1 fully saturated rings. The zero-order chi connectivity index (χ0) is 25.4. The third-order valence-corrected chi connectivity index (χ3v) is 6.81. The Hall–Kier alpha value is -4.23. The summed E-state index contributed by atoms with van der Waals surface area (Å²) in [5, 5.41) is 0. The molecule has 0 N–H and O–H groups in total. The van der Waals surface area contributed by atoms with Crippen LogP contribution in [-0.2, 0) is 9.59 Å². The number of aryl methyl sites for hydroxylation is 1. The van der Waals surface area contributed by atoms with Crippen LogP contribution in [0.2, 0.25) is 0 Å². The molecule has 6 nitrogen and oxygen atoms in total. The number of imide groups is 2. The van der Waals surface area contributed by atoms with Crippen LogP contribution >= 0.6 is 15.9 Å². The number of hydrogen-bond donors (Lipinski definition) is 0. The molecule has 1 aliphatic rings. The summed E-state index contributed by atoms with van der Waals surface area (Å²) >= 11 is 3.61. The molecule has 0 bridgehead atoms. The van der Waals surface area contributed by atoms with E-state index in [1.165, 1.54) is 0 Å². The molecular weight excluding hydrogens is 518 g/mol. The van der Waals surface area contributed by atoms with E-state index < -0.39 is 17.8 Å². The Labute approximate surface area is 217 Å². The molecule has 2 heterocycles. The number of rotatable bonds is 4. The first-order chi connectivity index (χ1) is 17.4. The van der Waals surface area contributed by atoms with Gasteiger partial charge in [-0.1, -0.05) is 48.5 Å². The molecule has 5 rings (SSSR count). The molecule has 0 radical (unpaired) electrons. The van der Waals surface area contributed by atoms with Crippen molar-refractivity contribution in [2.24, 2.45) is 0 Å². The molecule has 3 aromatic carbocycles. The fraction of sp³-hybridized carbons (Fsp3) is 0.0690. The summed E-state index contributed by atoms with van der Waals surface area (Å²) in [7, 11) is 0. The average molecular weight is 540 g/mol. The van der Waals surface area contributed by atoms with Gasteiger partial charge in [-0.05, 0) is 83.9 Å². The van der Waals surface area contributed by atoms with Crippen LogP contribution in [0.15, 0.2) is 101 Å². The van der Waals surface area contributed by atoms with Crippen LogP contribution in [0.3, 0.4) is 0 Å². The number of nitrogens with zero attached hydrogens (tertiary/aromatic N) is 3. The monoisotopic (exact) mass is 539 g/mol. The second kappa shape index (κ2) is 9.43. The fourth-order valence-electron chi connectivity index (χ4n) is 4.43. The van der Waals surface area contributed by atoms with Crippen molar-refractivity contribution in [2.75, 3.05) is 9.80 Å². The third-order valence-electron chi connectivity index (χ3n) is 6.14. The molecule has 0 spiro atoms. The van der Waals surface area contributed by atoms with Crippen molar-refractivity contribution in [3.8, 4) is 5.69 Å². The summed E-state index contributed by atoms with van der Waals surface area (Å²) in [6.07, 6.45) is 1.58. The van der Waals surface area contributed by atoms with E-state index in [0.717, 1.165) is 36.9 Å². The van der Waals surface area contributed by atoms with Gasteiger partial charge in [-0.25, -0.2) is 14.6 Å². The summed E-state index contributed by atoms with van der Waals surface area (Å²) in [5.74, 6) is -1.32. The second-order valence-corrected chi connectivity index (χ2v) is 9.26. The quantitative estimate of drug-likeness (QED) is 0.221. The van der Waals surface area contributed by atoms with Gasteiger partial charge in [-0.2, -0.15) is 0 Å². The van der Waals surface area contributed by atoms with Gasteiger partial charge in [-0.15, -0.1) is 0 Å². The smallest absolute Gasteiger partial charge is 0.317 e. The number of halogens is 1. The Kier molecular flexibility index (Phi) is 6.16. The lowest BCUT2D eigenvalue weighted by molar-refractivity contribution is -0.121. The van der Waals surface area contributed by atoms with Crippen LogP contribution in [-0.4, -0.2) is 22.4 Å². The molecule has 4 aromatic rings. The van der Waals surface area contributed by atoms with Crippen molar-refractivity contribution in [1.82, 2.24) is 4.57 Å². The predicted molar refractivity (Wildman–Crippen MR) is 144 cm³/mol. The predicted octanol–water partition coefficient (Wildman–Crippen LogP) is 6.44. The number of aromatic nitrogens is 1. The molecule has 0 atom stereocenters. The van der Waals surface area contributed by atoms with Gasteiger partial charge >= 0.3 is 6.03 Å². The van der Waals surface area contributed by atoms with Crippen molar-refractivity contribution in [2.45, 2.75) is 13.8 Å². The average Bonchev–Trinajstić information content (AvgIpc) is 3.16. The number of carbonyl (C=O) groups excluding carboxylic acids is 3. The van der Waals surface area contributed by atoms with Crippen LogP contribution in [0.5, 0.6) is 0 Å². The Morgan fingerprint density at radius 1 is 0.694 bits per heavy atom. The van der Waals surface area contributed by atoms with Gasteiger partial charge in [0.05, 0.1) is 17.1 Å². The second-order valence-electron chi connectivity index (χ2n) is 8.41. The van der Waals surface area contributed by atoms with Crippen LogP contribution in [0.4, 0.5) is 16.2 Å². The molecule has 1 aromatic heterocycles. The molecule has 7 heteroatoms. The van der Waals surface area contributed by atoms with Crippen molar-refractivity contribution < 1.29 is 14.4 Å². The summed E-state index contributed by atoms with van der Waals surface area (Å²) < 4.78 is 2.98. The zero-order valence-electron chi connectivity index (χ0n) is 19.7. The van der Waals surface area contributed by atoms with E-state index in [1.807, 2.05) is 44.2 Å². The highest BCUT2D eigenvalue weighted by atomic mass is 79.9. The molecule has 1 saturated heterocycles. The minimum absolute atomic E-state index is 0.0883. The van der Waals surface area contributed by atoms with E-state index in [9.17, 15) is 14.4 Å². The first kappa shape index (κ1) is 23.5. The maximum Gasteiger partial charge on any atom is 0.343 e. The number of barbiturate groups is 1. The summed E-state index contributed by atoms with van der Waals surface area (Å²) in [6, 6.07) is 26.3. The maximum absolute atomic E-state index is 13.6. The number of anilines is 2. The highest BCUT2D eigenvalue weighted by Crippen LogP contribution is 2.32. The number of hydrogen-bond acceptors (Lipinski definition) is 3. The molecule has 0 saturated carbocycles. The number of carbonyl (C=O) groups is 3. The van der Waals surface area contributed by atoms with Crippen molar-refractivity contribution in [3.05, 3.63) is 118 Å². The number of para-hydroxylation sites is 3. The molecule has 1 aliphatic heterocycles. The summed E-state index contributed by atoms with van der Waals surface area (Å²) in [4.78, 5) is 42.8. The standard InChI is InChI=1S/C29H22BrN3O3/c1-19-17-21(20(2)31(19)26-16-10-9-15-25(26)30)18-24-27(34)32(22-11-5-3-6-12-22)29(36)33(28(24)35)23-13-7-4-8-14-23/h3-18H,1-2H3. The van der Waals surface area contributed by atoms with E-state index in [4.69, 9.17) is 0 Å². The van der Waals surface area contributed by atoms with Gasteiger partial charge in [0.15, 0.2) is 0 Å². The number of urea groups is 1. The zero-order valence-corrected chi connectivity index (χ0v) is 21.3. The van der Waals surface area contributed by atoms with Gasteiger partial charge in [0.1, 0.15) is 5.57 Å². The van der Waals surface area contributed by atoms with Crippen LogP contribution in [0.25, 0.3) is 11.8 Å². The van der Waals surface area contributed by atoms with Gasteiger partial charge in [-0.3, -0.25) is 9.59 Å². The third kappa shape index (κ3) is 3.97. The molecule has 4 amide bonds. The SMILES string of the molecule is Cc1cc(C=C2C(=O)N(c3ccccc3)C(=O)N(c3ccccc3)C2=O)c(C)n1-c1ccccc1Br. The van der Waals surface area contributed by atoms with E-state index in [-0.39, 0.29) is 5.57 Å². The van der Waals surface area contributed by atoms with Crippen LogP contribution < -0.4 is 9.80 Å². The van der Waals surface area contributed by atoms with Crippen molar-refractivity contribution in [1.29, 1.82) is 0 Å². The Bertz CT molecular complexity index is 1460. The van der Waals surface area contributed by atoms with Crippen LogP contribution in [0.1, 0.15) is 17.0 Å². The first-order valence-corrected chi connectivity index (χ1v) is 12.2. The normalized spacial score (nSPS) is 14.0. The van der Waals surface area contributed by atoms with E-state index in [1.54, 1.807) is 66.7 Å². The van der Waals surface area contributed by atoms with Crippen molar-refractivity contribution >= 4 is 51.2 Å². The van der Waals surface area contributed by atoms with Gasteiger partial charge in [0, 0.05) is 15.9 Å². The van der Waals surface area contributed by atoms with E-state index in [0.29, 0.717) is 11.4 Å². The maximum atomic E-state index is 13.6. The fourth-order valence-corrected chi connectivity index (χ4v) is 4.89. The minimum Gasteiger partial charge on any atom is -0.317 e. The number of benzene rings is 3. The Morgan fingerprint density at radius 2 is 1.19 bits per heavy atom. The molecule has 0 unspecified atom stereocenters. The Balaban J connectivity index is 1.67. The lowest BCUT2D eigenvalue weighted by Gasteiger charge is -2.33. The van der Waals surface area contributed by atoms with Gasteiger partial charge in [0.25, 0.3) is 11.8 Å². The van der Waals surface area contributed by atoms with Gasteiger partial charge < -0.3 is 4.57 Å². The van der Waals surface area contributed by atoms with Crippen molar-refractivity contribution in [3.63, 3.8) is 0 Å². The topological polar surface area (TPSA) is 62.6 Å². The highest BCUT2D eigenvalue weighted by molar-refractivity contribution is 9.10. The summed E-state index contributed by atoms with van der Waals surface area (Å²) in [6.45, 7) is 3.90. The molecule has 0 aliphatic carbocycles. The van der Waals surface area contributed by atoms with Crippen LogP contribution in [0, 0.1) is 13.8 Å². The molecule has 36 heavy (non-hydrogen) atoms. The highest BCUT2D eigenvalue weighted by Gasteiger charge is 2.43. The lowest BCUT2D eigenvalue weighted by atomic mass is 10.0. The largest absolute Gasteiger partial charge is 0.343 e. The van der Waals surface area contributed by atoms with Gasteiger partial charge in [0.2, 0.25) is 0 Å². The minimum atomic E-state index is -0.710. The van der Waals surface area contributed by atoms with E-state index >= 15 is 0 Å². The number of amides is 4. The molecule has 178 valence electrons. The first-order valence-electron chi connectivity index (χ1n) is 11.4. The van der Waals surface area contributed by atoms with E-state index in [2.05, 4.69) is 20.5 Å².